The van der Waals surface area contributed by atoms with Gasteiger partial charge in [-0.15, -0.1) is 0 Å². The van der Waals surface area contributed by atoms with Crippen molar-refractivity contribution in [2.75, 3.05) is 16.9 Å². The molecule has 0 saturated heterocycles. The highest BCUT2D eigenvalue weighted by Gasteiger charge is 2.46. The molecule has 2 aliphatic carbocycles. The van der Waals surface area contributed by atoms with Crippen LogP contribution in [0.3, 0.4) is 0 Å². The average Bonchev–Trinajstić information content (AvgIpc) is 3.41. The van der Waals surface area contributed by atoms with E-state index in [2.05, 4.69) is 220 Å². The number of allylic oxidation sites excluding steroid dienone is 4. The molecule has 4 heteroatoms. The maximum atomic E-state index is 5.54. The van der Waals surface area contributed by atoms with Crippen LogP contribution in [0.25, 0.3) is 11.1 Å². The van der Waals surface area contributed by atoms with Gasteiger partial charge >= 0.3 is 0 Å². The Hall–Kier alpha value is -6.36. The summed E-state index contributed by atoms with van der Waals surface area (Å²) in [5.41, 5.74) is 13.5. The SMILES string of the molecule is COc1ccc(N(C2=CC(N(c3ccccc3)c3ccc4c(c3)C(c3ccccc3)(c3ccccc3)c3ccccc3-4)=CCC(Br)=C2)c2ccccc2)cc1. The number of halogens is 1. The Balaban J connectivity index is 1.26. The van der Waals surface area contributed by atoms with Crippen molar-refractivity contribution in [1.82, 2.24) is 0 Å². The van der Waals surface area contributed by atoms with E-state index in [0.717, 1.165) is 50.8 Å². The van der Waals surface area contributed by atoms with E-state index in [1.807, 2.05) is 12.1 Å². The number of hydrogen-bond donors (Lipinski definition) is 0. The van der Waals surface area contributed by atoms with Gasteiger partial charge in [0.2, 0.25) is 0 Å². The Bertz CT molecular complexity index is 2500. The lowest BCUT2D eigenvalue weighted by Gasteiger charge is -2.35. The standard InChI is InChI=1S/C51H39BrN2O/c1-55-46-31-28-42(29-32-46)53(40-20-10-4-11-21-40)45-34-39(52)26-27-43(35-45)54(41-22-12-5-13-23-41)44-30-33-48-47-24-14-15-25-49(47)51(50(48)36-44,37-16-6-2-7-17-37)38-18-8-3-9-19-38/h2-25,27-36H,26H2,1H3. The molecule has 0 unspecified atom stereocenters. The molecule has 0 atom stereocenters. The van der Waals surface area contributed by atoms with E-state index in [1.54, 1.807) is 7.11 Å². The van der Waals surface area contributed by atoms with Crippen LogP contribution in [0.1, 0.15) is 28.7 Å². The molecule has 0 aromatic heterocycles. The minimum Gasteiger partial charge on any atom is -0.497 e. The summed E-state index contributed by atoms with van der Waals surface area (Å²) in [5, 5.41) is 0. The summed E-state index contributed by atoms with van der Waals surface area (Å²) in [4.78, 5) is 4.71. The van der Waals surface area contributed by atoms with Crippen LogP contribution in [-0.4, -0.2) is 7.11 Å². The number of rotatable bonds is 9. The van der Waals surface area contributed by atoms with Crippen molar-refractivity contribution in [3.05, 3.63) is 244 Å². The number of nitrogens with zero attached hydrogens (tertiary/aromatic N) is 2. The maximum Gasteiger partial charge on any atom is 0.119 e. The first-order valence-corrected chi connectivity index (χ1v) is 19.4. The van der Waals surface area contributed by atoms with Gasteiger partial charge in [-0.1, -0.05) is 149 Å². The minimum atomic E-state index is -0.505. The van der Waals surface area contributed by atoms with Gasteiger partial charge in [-0.25, -0.2) is 0 Å². The van der Waals surface area contributed by atoms with Crippen LogP contribution in [0.5, 0.6) is 5.75 Å². The smallest absolute Gasteiger partial charge is 0.119 e. The van der Waals surface area contributed by atoms with Crippen molar-refractivity contribution in [2.24, 2.45) is 0 Å². The zero-order valence-electron chi connectivity index (χ0n) is 30.5. The fourth-order valence-electron chi connectivity index (χ4n) is 8.31. The zero-order valence-corrected chi connectivity index (χ0v) is 32.1. The topological polar surface area (TPSA) is 15.7 Å². The maximum absolute atomic E-state index is 5.54. The highest BCUT2D eigenvalue weighted by atomic mass is 79.9. The Kier molecular flexibility index (Phi) is 9.27. The summed E-state index contributed by atoms with van der Waals surface area (Å²) in [6.07, 6.45) is 7.60. The number of para-hydroxylation sites is 2. The fourth-order valence-corrected chi connectivity index (χ4v) is 8.71. The van der Waals surface area contributed by atoms with E-state index in [0.29, 0.717) is 0 Å². The summed E-state index contributed by atoms with van der Waals surface area (Å²) in [7, 11) is 1.70. The van der Waals surface area contributed by atoms with Crippen molar-refractivity contribution < 1.29 is 4.74 Å². The van der Waals surface area contributed by atoms with E-state index in [1.165, 1.54) is 33.4 Å². The monoisotopic (exact) mass is 774 g/mol. The summed E-state index contributed by atoms with van der Waals surface area (Å²) in [6.45, 7) is 0. The number of anilines is 4. The van der Waals surface area contributed by atoms with Gasteiger partial charge in [-0.05, 0) is 113 Å². The second-order valence-electron chi connectivity index (χ2n) is 13.8. The molecule has 0 aliphatic heterocycles. The number of hydrogen-bond acceptors (Lipinski definition) is 3. The van der Waals surface area contributed by atoms with Crippen molar-refractivity contribution >= 4 is 38.7 Å². The largest absolute Gasteiger partial charge is 0.497 e. The highest BCUT2D eigenvalue weighted by Crippen LogP contribution is 2.57. The van der Waals surface area contributed by atoms with Gasteiger partial charge in [0.25, 0.3) is 0 Å². The lowest BCUT2D eigenvalue weighted by atomic mass is 9.67. The third kappa shape index (κ3) is 6.19. The highest BCUT2D eigenvalue weighted by molar-refractivity contribution is 9.11. The van der Waals surface area contributed by atoms with Crippen molar-refractivity contribution in [3.63, 3.8) is 0 Å². The Morgan fingerprint density at radius 1 is 0.473 bits per heavy atom. The van der Waals surface area contributed by atoms with E-state index in [4.69, 9.17) is 4.74 Å². The van der Waals surface area contributed by atoms with Crippen molar-refractivity contribution in [3.8, 4) is 16.9 Å². The van der Waals surface area contributed by atoms with Gasteiger partial charge < -0.3 is 14.5 Å². The van der Waals surface area contributed by atoms with Gasteiger partial charge in [-0.2, -0.15) is 0 Å². The molecule has 0 bridgehead atoms. The third-order valence-corrected chi connectivity index (χ3v) is 11.2. The van der Waals surface area contributed by atoms with Gasteiger partial charge in [0.1, 0.15) is 5.75 Å². The third-order valence-electron chi connectivity index (χ3n) is 10.7. The average molecular weight is 776 g/mol. The number of benzene rings is 7. The summed E-state index contributed by atoms with van der Waals surface area (Å²) in [6, 6.07) is 67.5. The van der Waals surface area contributed by atoms with Crippen molar-refractivity contribution in [1.29, 1.82) is 0 Å². The van der Waals surface area contributed by atoms with E-state index in [-0.39, 0.29) is 0 Å². The fraction of sp³-hybridized carbons (Fsp3) is 0.0588. The van der Waals surface area contributed by atoms with Crippen LogP contribution in [0, 0.1) is 0 Å². The van der Waals surface area contributed by atoms with Crippen molar-refractivity contribution in [2.45, 2.75) is 11.8 Å². The molecule has 7 aromatic carbocycles. The molecule has 0 fully saturated rings. The van der Waals surface area contributed by atoms with Gasteiger partial charge in [0.05, 0.1) is 12.5 Å². The Labute approximate surface area is 331 Å². The number of fused-ring (bicyclic) bond motifs is 3. The van der Waals surface area contributed by atoms with Crippen LogP contribution in [0.15, 0.2) is 222 Å². The van der Waals surface area contributed by atoms with Gasteiger partial charge in [0.15, 0.2) is 0 Å². The van der Waals surface area contributed by atoms with Crippen LogP contribution in [0.4, 0.5) is 22.7 Å². The van der Waals surface area contributed by atoms with Gasteiger partial charge in [-0.3, -0.25) is 0 Å². The summed E-state index contributed by atoms with van der Waals surface area (Å²) < 4.78 is 6.63. The predicted molar refractivity (Wildman–Crippen MR) is 232 cm³/mol. The normalized spacial score (nSPS) is 14.0. The van der Waals surface area contributed by atoms with E-state index < -0.39 is 5.41 Å². The second-order valence-corrected chi connectivity index (χ2v) is 14.8. The molecule has 3 nitrogen and oxygen atoms in total. The predicted octanol–water partition coefficient (Wildman–Crippen LogP) is 13.5. The van der Waals surface area contributed by atoms with E-state index in [9.17, 15) is 0 Å². The number of methoxy groups -OCH3 is 1. The molecule has 55 heavy (non-hydrogen) atoms. The summed E-state index contributed by atoms with van der Waals surface area (Å²) >= 11 is 3.94. The lowest BCUT2D eigenvalue weighted by molar-refractivity contribution is 0.415. The van der Waals surface area contributed by atoms with E-state index >= 15 is 0 Å². The first-order chi connectivity index (χ1) is 27.1. The molecule has 2 aliphatic rings. The van der Waals surface area contributed by atoms with Crippen LogP contribution >= 0.6 is 15.9 Å². The molecular weight excluding hydrogens is 736 g/mol. The Morgan fingerprint density at radius 3 is 1.56 bits per heavy atom. The first-order valence-electron chi connectivity index (χ1n) is 18.6. The van der Waals surface area contributed by atoms with Crippen LogP contribution in [-0.2, 0) is 5.41 Å². The number of ether oxygens (including phenoxy) is 1. The molecule has 0 radical (unpaired) electrons. The minimum absolute atomic E-state index is 0.505. The lowest BCUT2D eigenvalue weighted by Crippen LogP contribution is -2.29. The molecule has 0 amide bonds. The molecule has 0 heterocycles. The molecule has 9 rings (SSSR count). The molecule has 7 aromatic rings. The molecule has 0 spiro atoms. The van der Waals surface area contributed by atoms with Crippen LogP contribution in [0.2, 0.25) is 0 Å². The molecular formula is C51H39BrN2O. The Morgan fingerprint density at radius 2 is 0.964 bits per heavy atom. The first kappa shape index (κ1) is 34.4. The quantitative estimate of drug-likeness (QED) is 0.145. The molecule has 0 N–H and O–H groups in total. The summed E-state index contributed by atoms with van der Waals surface area (Å²) in [5.74, 6) is 0.819. The molecule has 266 valence electrons. The zero-order chi connectivity index (χ0) is 37.2. The second kappa shape index (κ2) is 14.8. The van der Waals surface area contributed by atoms with Gasteiger partial charge in [0, 0.05) is 38.6 Å². The van der Waals surface area contributed by atoms with Crippen LogP contribution < -0.4 is 14.5 Å². The molecule has 0 saturated carbocycles.